The second kappa shape index (κ2) is 6.74. The predicted octanol–water partition coefficient (Wildman–Crippen LogP) is 5.44. The fraction of sp³-hybridized carbons (Fsp3) is 0.538. The minimum Gasteiger partial charge on any atom is -0.126 e. The molecule has 0 saturated heterocycles. The molecular weight excluding hydrogens is 263 g/mol. The van der Waals surface area contributed by atoms with Crippen LogP contribution in [0.15, 0.2) is 18.2 Å². The summed E-state index contributed by atoms with van der Waals surface area (Å²) < 4.78 is 0. The summed E-state index contributed by atoms with van der Waals surface area (Å²) in [5.41, 5.74) is 1.21. The molecule has 0 spiro atoms. The van der Waals surface area contributed by atoms with Crippen LogP contribution in [-0.4, -0.2) is 5.88 Å². The number of halogens is 3. The quantitative estimate of drug-likeness (QED) is 0.630. The van der Waals surface area contributed by atoms with E-state index in [4.69, 9.17) is 34.8 Å². The standard InChI is InChI=1S/C13H17Cl3/c1-9(2)5-11(8-14)6-10-3-4-12(15)13(16)7-10/h3-4,7,9,11H,5-6,8H2,1-2H3. The van der Waals surface area contributed by atoms with Crippen LogP contribution in [0, 0.1) is 11.8 Å². The molecule has 1 atom stereocenters. The molecule has 0 aliphatic rings. The van der Waals surface area contributed by atoms with E-state index in [1.54, 1.807) is 0 Å². The topological polar surface area (TPSA) is 0 Å². The number of alkyl halides is 1. The molecule has 1 unspecified atom stereocenters. The highest BCUT2D eigenvalue weighted by Crippen LogP contribution is 2.25. The van der Waals surface area contributed by atoms with Gasteiger partial charge in [-0.1, -0.05) is 43.1 Å². The molecule has 0 heterocycles. The number of benzene rings is 1. The Labute approximate surface area is 113 Å². The van der Waals surface area contributed by atoms with Gasteiger partial charge in [0, 0.05) is 5.88 Å². The second-order valence-corrected chi connectivity index (χ2v) is 5.73. The third-order valence-electron chi connectivity index (χ3n) is 2.53. The van der Waals surface area contributed by atoms with Crippen LogP contribution < -0.4 is 0 Å². The first-order valence-corrected chi connectivity index (χ1v) is 6.81. The molecule has 0 fully saturated rings. The Kier molecular flexibility index (Phi) is 5.96. The molecule has 90 valence electrons. The zero-order valence-electron chi connectivity index (χ0n) is 9.64. The molecule has 1 aromatic carbocycles. The zero-order valence-corrected chi connectivity index (χ0v) is 11.9. The summed E-state index contributed by atoms with van der Waals surface area (Å²) in [7, 11) is 0. The first-order valence-electron chi connectivity index (χ1n) is 5.52. The molecule has 0 amide bonds. The van der Waals surface area contributed by atoms with E-state index in [0.717, 1.165) is 12.8 Å². The van der Waals surface area contributed by atoms with E-state index in [-0.39, 0.29) is 0 Å². The SMILES string of the molecule is CC(C)CC(CCl)Cc1ccc(Cl)c(Cl)c1. The van der Waals surface area contributed by atoms with Crippen molar-refractivity contribution in [3.8, 4) is 0 Å². The molecule has 1 rings (SSSR count). The molecule has 0 bridgehead atoms. The summed E-state index contributed by atoms with van der Waals surface area (Å²) >= 11 is 17.8. The molecule has 0 N–H and O–H groups in total. The monoisotopic (exact) mass is 278 g/mol. The van der Waals surface area contributed by atoms with Crippen LogP contribution in [0.2, 0.25) is 10.0 Å². The lowest BCUT2D eigenvalue weighted by Gasteiger charge is -2.16. The highest BCUT2D eigenvalue weighted by atomic mass is 35.5. The zero-order chi connectivity index (χ0) is 12.1. The van der Waals surface area contributed by atoms with E-state index < -0.39 is 0 Å². The van der Waals surface area contributed by atoms with Gasteiger partial charge < -0.3 is 0 Å². The van der Waals surface area contributed by atoms with Crippen molar-refractivity contribution in [3.05, 3.63) is 33.8 Å². The maximum atomic E-state index is 5.98. The fourth-order valence-corrected chi connectivity index (χ4v) is 2.42. The molecule has 3 heteroatoms. The maximum absolute atomic E-state index is 5.98. The van der Waals surface area contributed by atoms with Crippen LogP contribution >= 0.6 is 34.8 Å². The van der Waals surface area contributed by atoms with Gasteiger partial charge in [-0.15, -0.1) is 11.6 Å². The van der Waals surface area contributed by atoms with Crippen molar-refractivity contribution in [3.63, 3.8) is 0 Å². The van der Waals surface area contributed by atoms with E-state index in [1.165, 1.54) is 5.56 Å². The molecule has 0 aliphatic carbocycles. The van der Waals surface area contributed by atoms with Crippen molar-refractivity contribution in [2.45, 2.75) is 26.7 Å². The second-order valence-electron chi connectivity index (χ2n) is 4.60. The number of hydrogen-bond donors (Lipinski definition) is 0. The van der Waals surface area contributed by atoms with Crippen LogP contribution in [0.5, 0.6) is 0 Å². The van der Waals surface area contributed by atoms with Gasteiger partial charge in [0.15, 0.2) is 0 Å². The predicted molar refractivity (Wildman–Crippen MR) is 73.8 cm³/mol. The maximum Gasteiger partial charge on any atom is 0.0595 e. The average molecular weight is 280 g/mol. The van der Waals surface area contributed by atoms with Crippen LogP contribution in [-0.2, 0) is 6.42 Å². The van der Waals surface area contributed by atoms with E-state index >= 15 is 0 Å². The molecule has 0 aromatic heterocycles. The Bertz CT molecular complexity index is 334. The molecule has 1 aromatic rings. The summed E-state index contributed by atoms with van der Waals surface area (Å²) in [5.74, 6) is 1.88. The third kappa shape index (κ3) is 4.53. The van der Waals surface area contributed by atoms with Crippen molar-refractivity contribution in [1.82, 2.24) is 0 Å². The van der Waals surface area contributed by atoms with Crippen LogP contribution in [0.1, 0.15) is 25.8 Å². The van der Waals surface area contributed by atoms with Gasteiger partial charge in [0.1, 0.15) is 0 Å². The van der Waals surface area contributed by atoms with Crippen molar-refractivity contribution in [2.24, 2.45) is 11.8 Å². The first kappa shape index (κ1) is 14.2. The first-order chi connectivity index (χ1) is 7.52. The van der Waals surface area contributed by atoms with Crippen molar-refractivity contribution < 1.29 is 0 Å². The van der Waals surface area contributed by atoms with Gasteiger partial charge in [-0.2, -0.15) is 0 Å². The minimum absolute atomic E-state index is 0.513. The third-order valence-corrected chi connectivity index (χ3v) is 3.71. The lowest BCUT2D eigenvalue weighted by molar-refractivity contribution is 0.441. The summed E-state index contributed by atoms with van der Waals surface area (Å²) in [4.78, 5) is 0. The smallest absolute Gasteiger partial charge is 0.0595 e. The Morgan fingerprint density at radius 3 is 2.31 bits per heavy atom. The lowest BCUT2D eigenvalue weighted by atomic mass is 9.92. The lowest BCUT2D eigenvalue weighted by Crippen LogP contribution is -2.09. The van der Waals surface area contributed by atoms with Crippen molar-refractivity contribution >= 4 is 34.8 Å². The van der Waals surface area contributed by atoms with Gasteiger partial charge in [0.25, 0.3) is 0 Å². The van der Waals surface area contributed by atoms with Gasteiger partial charge in [-0.25, -0.2) is 0 Å². The normalized spacial score (nSPS) is 13.1. The van der Waals surface area contributed by atoms with Crippen LogP contribution in [0.4, 0.5) is 0 Å². The Morgan fingerprint density at radius 2 is 1.81 bits per heavy atom. The Morgan fingerprint density at radius 1 is 1.12 bits per heavy atom. The fourth-order valence-electron chi connectivity index (χ4n) is 1.87. The minimum atomic E-state index is 0.513. The molecule has 0 nitrogen and oxygen atoms in total. The van der Waals surface area contributed by atoms with Gasteiger partial charge >= 0.3 is 0 Å². The molecule has 16 heavy (non-hydrogen) atoms. The highest BCUT2D eigenvalue weighted by molar-refractivity contribution is 6.42. The summed E-state index contributed by atoms with van der Waals surface area (Å²) in [6, 6.07) is 5.80. The average Bonchev–Trinajstić information content (AvgIpc) is 2.22. The molecule has 0 saturated carbocycles. The number of hydrogen-bond acceptors (Lipinski definition) is 0. The van der Waals surface area contributed by atoms with Crippen LogP contribution in [0.25, 0.3) is 0 Å². The van der Waals surface area contributed by atoms with Crippen molar-refractivity contribution in [1.29, 1.82) is 0 Å². The summed E-state index contributed by atoms with van der Waals surface area (Å²) in [6.07, 6.45) is 2.11. The van der Waals surface area contributed by atoms with E-state index in [0.29, 0.717) is 27.8 Å². The van der Waals surface area contributed by atoms with Gasteiger partial charge in [0.2, 0.25) is 0 Å². The van der Waals surface area contributed by atoms with Gasteiger partial charge in [-0.05, 0) is 42.4 Å². The van der Waals surface area contributed by atoms with Crippen LogP contribution in [0.3, 0.4) is 0 Å². The van der Waals surface area contributed by atoms with E-state index in [2.05, 4.69) is 13.8 Å². The molecule has 0 radical (unpaired) electrons. The Hall–Kier alpha value is 0.0900. The molecule has 0 aliphatic heterocycles. The number of rotatable bonds is 5. The highest BCUT2D eigenvalue weighted by Gasteiger charge is 2.11. The summed E-state index contributed by atoms with van der Waals surface area (Å²) in [5, 5.41) is 1.23. The Balaban J connectivity index is 2.66. The largest absolute Gasteiger partial charge is 0.126 e. The van der Waals surface area contributed by atoms with E-state index in [1.807, 2.05) is 18.2 Å². The van der Waals surface area contributed by atoms with Gasteiger partial charge in [0.05, 0.1) is 10.0 Å². The molecular formula is C13H17Cl3. The van der Waals surface area contributed by atoms with E-state index in [9.17, 15) is 0 Å². The van der Waals surface area contributed by atoms with Crippen molar-refractivity contribution in [2.75, 3.05) is 5.88 Å². The summed E-state index contributed by atoms with van der Waals surface area (Å²) in [6.45, 7) is 4.43. The van der Waals surface area contributed by atoms with Gasteiger partial charge in [-0.3, -0.25) is 0 Å².